The summed E-state index contributed by atoms with van der Waals surface area (Å²) in [6.45, 7) is 0. The van der Waals surface area contributed by atoms with E-state index in [4.69, 9.17) is 11.6 Å². The van der Waals surface area contributed by atoms with Crippen molar-refractivity contribution in [2.24, 2.45) is 0 Å². The Kier molecular flexibility index (Phi) is 4.27. The molecule has 0 aliphatic heterocycles. The molecule has 0 spiro atoms. The van der Waals surface area contributed by atoms with Crippen LogP contribution in [0.3, 0.4) is 0 Å². The average Bonchev–Trinajstić information content (AvgIpc) is 2.50. The van der Waals surface area contributed by atoms with Gasteiger partial charge in [0.2, 0.25) is 0 Å². The molecule has 0 heterocycles. The molecule has 0 saturated heterocycles. The van der Waals surface area contributed by atoms with Gasteiger partial charge in [-0.15, -0.1) is 0 Å². The van der Waals surface area contributed by atoms with Gasteiger partial charge in [0.05, 0.1) is 0 Å². The van der Waals surface area contributed by atoms with Gasteiger partial charge in [0, 0.05) is 15.2 Å². The van der Waals surface area contributed by atoms with Crippen LogP contribution in [0.5, 0.6) is 0 Å². The number of hydrogen-bond donors (Lipinski definition) is 0. The standard InChI is InChI=1S/C18H13BrClF/c19-16(11-12-5-1-4-8-17(12)20)14-9-10-18(21)15-7-3-2-6-13(14)15/h1-10,16H,11H2. The Labute approximate surface area is 136 Å². The minimum Gasteiger partial charge on any atom is -0.206 e. The van der Waals surface area contributed by atoms with Gasteiger partial charge >= 0.3 is 0 Å². The van der Waals surface area contributed by atoms with E-state index in [1.807, 2.05) is 54.6 Å². The van der Waals surface area contributed by atoms with Gasteiger partial charge in [-0.3, -0.25) is 0 Å². The molecule has 0 nitrogen and oxygen atoms in total. The van der Waals surface area contributed by atoms with Crippen molar-refractivity contribution in [2.45, 2.75) is 11.2 Å². The van der Waals surface area contributed by atoms with Crippen molar-refractivity contribution in [3.63, 3.8) is 0 Å². The van der Waals surface area contributed by atoms with E-state index in [1.54, 1.807) is 0 Å². The van der Waals surface area contributed by atoms with Crippen LogP contribution in [0.15, 0.2) is 60.7 Å². The molecule has 0 bridgehead atoms. The Hall–Kier alpha value is -1.38. The normalized spacial score (nSPS) is 12.5. The monoisotopic (exact) mass is 362 g/mol. The van der Waals surface area contributed by atoms with Crippen molar-refractivity contribution in [2.75, 3.05) is 0 Å². The zero-order valence-electron chi connectivity index (χ0n) is 11.2. The Morgan fingerprint density at radius 1 is 0.905 bits per heavy atom. The third-order valence-electron chi connectivity index (χ3n) is 3.60. The third-order valence-corrected chi connectivity index (χ3v) is 4.78. The SMILES string of the molecule is Fc1ccc(C(Br)Cc2ccccc2Cl)c2ccccc12. The van der Waals surface area contributed by atoms with Crippen LogP contribution >= 0.6 is 27.5 Å². The topological polar surface area (TPSA) is 0 Å². The highest BCUT2D eigenvalue weighted by Crippen LogP contribution is 2.34. The Morgan fingerprint density at radius 2 is 1.57 bits per heavy atom. The molecular formula is C18H13BrClF. The van der Waals surface area contributed by atoms with Crippen molar-refractivity contribution in [3.05, 3.63) is 82.6 Å². The largest absolute Gasteiger partial charge is 0.206 e. The molecule has 0 aromatic heterocycles. The molecule has 0 radical (unpaired) electrons. The first-order valence-corrected chi connectivity index (χ1v) is 8.01. The minimum atomic E-state index is -0.188. The summed E-state index contributed by atoms with van der Waals surface area (Å²) in [5.74, 6) is -0.188. The Morgan fingerprint density at radius 3 is 2.33 bits per heavy atom. The third kappa shape index (κ3) is 2.97. The van der Waals surface area contributed by atoms with Gasteiger partial charge in [0.15, 0.2) is 0 Å². The predicted octanol–water partition coefficient (Wildman–Crippen LogP) is 6.31. The van der Waals surface area contributed by atoms with Gasteiger partial charge in [0.1, 0.15) is 5.82 Å². The number of rotatable bonds is 3. The number of alkyl halides is 1. The molecule has 1 unspecified atom stereocenters. The molecule has 0 aliphatic rings. The summed E-state index contributed by atoms with van der Waals surface area (Å²) >= 11 is 9.94. The average molecular weight is 364 g/mol. The van der Waals surface area contributed by atoms with Gasteiger partial charge < -0.3 is 0 Å². The fraction of sp³-hybridized carbons (Fsp3) is 0.111. The number of hydrogen-bond acceptors (Lipinski definition) is 0. The van der Waals surface area contributed by atoms with E-state index < -0.39 is 0 Å². The molecule has 0 saturated carbocycles. The minimum absolute atomic E-state index is 0.0860. The molecule has 106 valence electrons. The molecule has 3 aromatic carbocycles. The molecule has 0 aliphatic carbocycles. The van der Waals surface area contributed by atoms with Gasteiger partial charge in [-0.25, -0.2) is 4.39 Å². The van der Waals surface area contributed by atoms with E-state index in [-0.39, 0.29) is 10.6 Å². The van der Waals surface area contributed by atoms with Gasteiger partial charge in [0.25, 0.3) is 0 Å². The van der Waals surface area contributed by atoms with Crippen LogP contribution < -0.4 is 0 Å². The lowest BCUT2D eigenvalue weighted by atomic mass is 9.98. The predicted molar refractivity (Wildman–Crippen MR) is 90.7 cm³/mol. The quantitative estimate of drug-likeness (QED) is 0.478. The van der Waals surface area contributed by atoms with Crippen LogP contribution in [0.4, 0.5) is 4.39 Å². The summed E-state index contributed by atoms with van der Waals surface area (Å²) in [6, 6.07) is 18.7. The van der Waals surface area contributed by atoms with Crippen LogP contribution in [-0.4, -0.2) is 0 Å². The highest BCUT2D eigenvalue weighted by atomic mass is 79.9. The lowest BCUT2D eigenvalue weighted by Crippen LogP contribution is -1.98. The van der Waals surface area contributed by atoms with Crippen LogP contribution in [0.25, 0.3) is 10.8 Å². The lowest BCUT2D eigenvalue weighted by Gasteiger charge is -2.14. The molecule has 0 N–H and O–H groups in total. The molecule has 3 heteroatoms. The second-order valence-electron chi connectivity index (χ2n) is 4.95. The first-order valence-electron chi connectivity index (χ1n) is 6.71. The van der Waals surface area contributed by atoms with E-state index in [0.29, 0.717) is 5.39 Å². The molecule has 0 fully saturated rings. The zero-order chi connectivity index (χ0) is 14.8. The van der Waals surface area contributed by atoms with Gasteiger partial charge in [-0.2, -0.15) is 0 Å². The van der Waals surface area contributed by atoms with Crippen molar-refractivity contribution >= 4 is 38.3 Å². The van der Waals surface area contributed by atoms with E-state index in [1.165, 1.54) is 6.07 Å². The second kappa shape index (κ2) is 6.17. The molecule has 21 heavy (non-hydrogen) atoms. The summed E-state index contributed by atoms with van der Waals surface area (Å²) in [7, 11) is 0. The van der Waals surface area contributed by atoms with Crippen LogP contribution in [-0.2, 0) is 6.42 Å². The summed E-state index contributed by atoms with van der Waals surface area (Å²) in [6.07, 6.45) is 0.759. The molecule has 0 amide bonds. The maximum atomic E-state index is 13.9. The summed E-state index contributed by atoms with van der Waals surface area (Å²) < 4.78 is 13.9. The number of halogens is 3. The maximum absolute atomic E-state index is 13.9. The summed E-state index contributed by atoms with van der Waals surface area (Å²) in [5, 5.41) is 2.35. The molecular weight excluding hydrogens is 351 g/mol. The van der Waals surface area contributed by atoms with E-state index >= 15 is 0 Å². The second-order valence-corrected chi connectivity index (χ2v) is 6.46. The molecule has 1 atom stereocenters. The smallest absolute Gasteiger partial charge is 0.131 e. The first kappa shape index (κ1) is 14.6. The van der Waals surface area contributed by atoms with Gasteiger partial charge in [-0.1, -0.05) is 76.1 Å². The lowest BCUT2D eigenvalue weighted by molar-refractivity contribution is 0.639. The van der Waals surface area contributed by atoms with Gasteiger partial charge in [-0.05, 0) is 35.1 Å². The van der Waals surface area contributed by atoms with Crippen LogP contribution in [0.2, 0.25) is 5.02 Å². The van der Waals surface area contributed by atoms with Crippen LogP contribution in [0, 0.1) is 5.82 Å². The molecule has 3 rings (SSSR count). The van der Waals surface area contributed by atoms with Crippen molar-refractivity contribution < 1.29 is 4.39 Å². The summed E-state index contributed by atoms with van der Waals surface area (Å²) in [5.41, 5.74) is 2.15. The fourth-order valence-corrected chi connectivity index (χ4v) is 3.49. The van der Waals surface area contributed by atoms with Crippen molar-refractivity contribution in [1.29, 1.82) is 0 Å². The highest BCUT2D eigenvalue weighted by molar-refractivity contribution is 9.09. The first-order chi connectivity index (χ1) is 10.2. The Balaban J connectivity index is 2.01. The maximum Gasteiger partial charge on any atom is 0.131 e. The highest BCUT2D eigenvalue weighted by Gasteiger charge is 2.14. The van der Waals surface area contributed by atoms with E-state index in [0.717, 1.165) is 28.0 Å². The van der Waals surface area contributed by atoms with Crippen molar-refractivity contribution in [3.8, 4) is 0 Å². The molecule has 3 aromatic rings. The number of benzene rings is 3. The summed E-state index contributed by atoms with van der Waals surface area (Å²) in [4.78, 5) is 0.0860. The zero-order valence-corrected chi connectivity index (χ0v) is 13.5. The number of fused-ring (bicyclic) bond motifs is 1. The Bertz CT molecular complexity index is 785. The van der Waals surface area contributed by atoms with Crippen molar-refractivity contribution in [1.82, 2.24) is 0 Å². The fourth-order valence-electron chi connectivity index (χ4n) is 2.53. The van der Waals surface area contributed by atoms with Crippen LogP contribution in [0.1, 0.15) is 16.0 Å². The van der Waals surface area contributed by atoms with E-state index in [9.17, 15) is 4.39 Å². The van der Waals surface area contributed by atoms with E-state index in [2.05, 4.69) is 15.9 Å².